The number of nitrogens with zero attached hydrogens (tertiary/aromatic N) is 7. The first-order valence-corrected chi connectivity index (χ1v) is 22.2. The summed E-state index contributed by atoms with van der Waals surface area (Å²) in [5, 5.41) is 10.7. The number of likely N-dealkylation sites (tertiary alicyclic amines) is 1. The summed E-state index contributed by atoms with van der Waals surface area (Å²) in [6, 6.07) is 7.28. The van der Waals surface area contributed by atoms with Crippen molar-refractivity contribution < 1.29 is 37.5 Å². The van der Waals surface area contributed by atoms with Crippen LogP contribution in [0.3, 0.4) is 0 Å². The van der Waals surface area contributed by atoms with Crippen LogP contribution in [-0.4, -0.2) is 112 Å². The number of aliphatic imine (C=N–C) groups is 1. The van der Waals surface area contributed by atoms with Gasteiger partial charge in [0.1, 0.15) is 6.04 Å². The number of hydrogen-bond donors (Lipinski definition) is 3. The van der Waals surface area contributed by atoms with Crippen LogP contribution in [0.15, 0.2) is 41.5 Å². The van der Waals surface area contributed by atoms with Gasteiger partial charge in [0.05, 0.1) is 23.7 Å². The molecule has 1 aromatic heterocycles. The fraction of sp³-hybridized carbons (Fsp3) is 0.478. The molecule has 0 radical (unpaired) electrons. The minimum atomic E-state index is -2.75. The number of amides is 6. The van der Waals surface area contributed by atoms with Crippen LogP contribution in [0.1, 0.15) is 126 Å². The van der Waals surface area contributed by atoms with Crippen LogP contribution < -0.4 is 21.3 Å². The number of carbonyl (C=O) groups excluding carboxylic acids is 6. The molecule has 2 saturated heterocycles. The summed E-state index contributed by atoms with van der Waals surface area (Å²) in [5.74, 6) is -1.42. The number of nitrogens with two attached hydrogens (primary N) is 1. The summed E-state index contributed by atoms with van der Waals surface area (Å²) < 4.78 is 31.4. The van der Waals surface area contributed by atoms with Gasteiger partial charge >= 0.3 is 0 Å². The number of anilines is 3. The zero-order valence-electron chi connectivity index (χ0n) is 36.2. The largest absolute Gasteiger partial charge is 0.404 e. The zero-order chi connectivity index (χ0) is 45.2. The molecule has 2 fully saturated rings. The Balaban J connectivity index is 0.866. The topological polar surface area (TPSA) is 196 Å². The van der Waals surface area contributed by atoms with E-state index in [9.17, 15) is 37.5 Å². The van der Waals surface area contributed by atoms with Crippen molar-refractivity contribution in [2.45, 2.75) is 103 Å². The Labute approximate surface area is 369 Å². The van der Waals surface area contributed by atoms with Crippen LogP contribution in [-0.2, 0) is 38.6 Å². The summed E-state index contributed by atoms with van der Waals surface area (Å²) in [4.78, 5) is 86.8. The molecule has 5 aliphatic rings. The van der Waals surface area contributed by atoms with Gasteiger partial charge in [0, 0.05) is 112 Å². The lowest BCUT2D eigenvalue weighted by Gasteiger charge is -2.34. The Morgan fingerprint density at radius 2 is 1.73 bits per heavy atom. The summed E-state index contributed by atoms with van der Waals surface area (Å²) in [6.07, 6.45) is 6.43. The fourth-order valence-corrected chi connectivity index (χ4v) is 9.77. The molecular formula is C46H54F2N10O6. The van der Waals surface area contributed by atoms with Crippen molar-refractivity contribution in [2.75, 3.05) is 50.0 Å². The van der Waals surface area contributed by atoms with E-state index in [-0.39, 0.29) is 47.4 Å². The molecule has 4 N–H and O–H groups in total. The molecule has 6 heterocycles. The second-order valence-corrected chi connectivity index (χ2v) is 17.1. The highest BCUT2D eigenvalue weighted by atomic mass is 19.3. The highest BCUT2D eigenvalue weighted by Gasteiger charge is 2.45. The number of allylic oxidation sites excluding steroid dienone is 1. The van der Waals surface area contributed by atoms with Gasteiger partial charge in [-0.05, 0) is 86.4 Å². The van der Waals surface area contributed by atoms with Gasteiger partial charge in [-0.25, -0.2) is 8.78 Å². The first kappa shape index (κ1) is 44.2. The van der Waals surface area contributed by atoms with Gasteiger partial charge in [0.15, 0.2) is 5.82 Å². The van der Waals surface area contributed by atoms with Crippen LogP contribution in [0.5, 0.6) is 0 Å². The maximum absolute atomic E-state index is 14.7. The molecule has 338 valence electrons. The summed E-state index contributed by atoms with van der Waals surface area (Å²) in [6.45, 7) is 4.84. The normalized spacial score (nSPS) is 19.4. The number of piperidine rings is 2. The Bertz CT molecular complexity index is 2440. The Morgan fingerprint density at radius 3 is 2.45 bits per heavy atom. The molecule has 8 rings (SSSR count). The van der Waals surface area contributed by atoms with Gasteiger partial charge in [-0.2, -0.15) is 5.10 Å². The van der Waals surface area contributed by atoms with E-state index in [2.05, 4.69) is 20.3 Å². The number of aryl methyl sites for hydroxylation is 1. The number of carbonyl (C=O) groups is 6. The quantitative estimate of drug-likeness (QED) is 0.119. The number of halogens is 2. The number of rotatable bonds is 13. The summed E-state index contributed by atoms with van der Waals surface area (Å²) in [5.41, 5.74) is 11.2. The molecule has 2 aromatic carbocycles. The highest BCUT2D eigenvalue weighted by Crippen LogP contribution is 2.43. The van der Waals surface area contributed by atoms with E-state index < -0.39 is 36.1 Å². The standard InChI is InChI=1S/C46H54F2N10O6/c1-27(59)55-20-15-37-36(26-55)43(56-17-6-7-28-21-33(29(24-49)25-50-2)34(42(47)48)23-39(28)56)53-58(37)31-13-18-54(19-14-31)41(61)8-4-3-5-16-51-30-9-10-32-35(22-30)46(64)57(45(32)63)38-11-12-40(60)52-44(38)62/h9-10,21-25,31,38,42,51H,3-8,11-20,26,49H2,1-2H3,(H,52,60,62)/b29-24+,50-25?. The first-order chi connectivity index (χ1) is 30.9. The van der Waals surface area contributed by atoms with Gasteiger partial charge in [0.2, 0.25) is 23.6 Å². The molecule has 0 bridgehead atoms. The molecule has 5 aliphatic heterocycles. The van der Waals surface area contributed by atoms with Crippen LogP contribution in [0.2, 0.25) is 0 Å². The summed E-state index contributed by atoms with van der Waals surface area (Å²) in [7, 11) is 1.57. The minimum absolute atomic E-state index is 0.0310. The van der Waals surface area contributed by atoms with E-state index in [4.69, 9.17) is 10.8 Å². The zero-order valence-corrected chi connectivity index (χ0v) is 36.2. The Kier molecular flexibility index (Phi) is 12.9. The number of imide groups is 2. The lowest BCUT2D eigenvalue weighted by atomic mass is 9.92. The van der Waals surface area contributed by atoms with Crippen molar-refractivity contribution in [3.05, 3.63) is 75.6 Å². The van der Waals surface area contributed by atoms with Gasteiger partial charge in [-0.3, -0.25) is 48.7 Å². The van der Waals surface area contributed by atoms with Crippen LogP contribution in [0, 0.1) is 0 Å². The third-order valence-corrected chi connectivity index (χ3v) is 13.1. The second-order valence-electron chi connectivity index (χ2n) is 17.1. The van der Waals surface area contributed by atoms with Gasteiger partial charge in [0.25, 0.3) is 18.2 Å². The maximum atomic E-state index is 14.7. The van der Waals surface area contributed by atoms with Crippen molar-refractivity contribution in [1.82, 2.24) is 29.8 Å². The average molecular weight is 881 g/mol. The lowest BCUT2D eigenvalue weighted by molar-refractivity contribution is -0.136. The Morgan fingerprint density at radius 1 is 0.953 bits per heavy atom. The van der Waals surface area contributed by atoms with Gasteiger partial charge < -0.3 is 25.8 Å². The molecule has 0 aliphatic carbocycles. The van der Waals surface area contributed by atoms with E-state index in [1.54, 1.807) is 49.2 Å². The predicted octanol–water partition coefficient (Wildman–Crippen LogP) is 5.05. The number of aromatic nitrogens is 2. The molecule has 6 amide bonds. The second kappa shape index (κ2) is 18.7. The molecule has 3 aromatic rings. The molecule has 1 atom stereocenters. The first-order valence-electron chi connectivity index (χ1n) is 22.2. The molecule has 64 heavy (non-hydrogen) atoms. The molecule has 18 heteroatoms. The van der Waals surface area contributed by atoms with Crippen molar-refractivity contribution in [3.63, 3.8) is 0 Å². The predicted molar refractivity (Wildman–Crippen MR) is 235 cm³/mol. The fourth-order valence-electron chi connectivity index (χ4n) is 9.77. The van der Waals surface area contributed by atoms with Crippen LogP contribution >= 0.6 is 0 Å². The molecule has 0 saturated carbocycles. The molecule has 0 spiro atoms. The van der Waals surface area contributed by atoms with Crippen molar-refractivity contribution >= 4 is 64.4 Å². The number of benzene rings is 2. The molecule has 16 nitrogen and oxygen atoms in total. The number of fused-ring (bicyclic) bond motifs is 3. The SMILES string of the molecule is CN=C/C(=C\N)c1cc2c(cc1C(F)F)N(c1nn(C3CCN(C(=O)CCCCCNc4ccc5c(c4)C(=O)N(C4CCC(=O)NC4=O)C5=O)CC3)c3c1CN(C(C)=O)CC3)CCC2. The van der Waals surface area contributed by atoms with Crippen molar-refractivity contribution in [1.29, 1.82) is 0 Å². The van der Waals surface area contributed by atoms with E-state index in [1.165, 1.54) is 12.4 Å². The number of nitrogens with one attached hydrogen (secondary N) is 2. The number of hydrogen-bond acceptors (Lipinski definition) is 11. The number of alkyl halides is 2. The molecule has 1 unspecified atom stereocenters. The highest BCUT2D eigenvalue weighted by molar-refractivity contribution is 6.23. The Hall–Kier alpha value is -6.46. The van der Waals surface area contributed by atoms with Crippen molar-refractivity contribution in [2.24, 2.45) is 10.7 Å². The van der Waals surface area contributed by atoms with Gasteiger partial charge in [-0.15, -0.1) is 0 Å². The monoisotopic (exact) mass is 880 g/mol. The number of unbranched alkanes of at least 4 members (excludes halogenated alkanes) is 2. The van der Waals surface area contributed by atoms with Crippen LogP contribution in [0.25, 0.3) is 5.57 Å². The maximum Gasteiger partial charge on any atom is 0.264 e. The van der Waals surface area contributed by atoms with Gasteiger partial charge in [-0.1, -0.05) is 6.42 Å². The van der Waals surface area contributed by atoms with Crippen molar-refractivity contribution in [3.8, 4) is 0 Å². The smallest absolute Gasteiger partial charge is 0.264 e. The minimum Gasteiger partial charge on any atom is -0.404 e. The van der Waals surface area contributed by atoms with E-state index >= 15 is 0 Å². The van der Waals surface area contributed by atoms with E-state index in [0.717, 1.165) is 41.0 Å². The molecular weight excluding hydrogens is 827 g/mol. The third-order valence-electron chi connectivity index (χ3n) is 13.1. The average Bonchev–Trinajstić information content (AvgIpc) is 3.79. The third kappa shape index (κ3) is 8.61. The van der Waals surface area contributed by atoms with E-state index in [0.29, 0.717) is 106 Å². The van der Waals surface area contributed by atoms with E-state index in [1.807, 2.05) is 9.80 Å². The van der Waals surface area contributed by atoms with Crippen LogP contribution in [0.4, 0.5) is 26.0 Å². The lowest BCUT2D eigenvalue weighted by Crippen LogP contribution is -2.54. The summed E-state index contributed by atoms with van der Waals surface area (Å²) >= 11 is 0.